The van der Waals surface area contributed by atoms with Crippen molar-refractivity contribution in [1.29, 1.82) is 0 Å². The molecule has 1 N–H and O–H groups in total. The Morgan fingerprint density at radius 3 is 2.41 bits per heavy atom. The average Bonchev–Trinajstić information content (AvgIpc) is 3.07. The maximum absolute atomic E-state index is 12.5. The van der Waals surface area contributed by atoms with Crippen LogP contribution >= 0.6 is 0 Å². The largest absolute Gasteiger partial charge is 0.444 e. The molecular weight excluding hydrogens is 286 g/mol. The van der Waals surface area contributed by atoms with Crippen molar-refractivity contribution in [3.63, 3.8) is 0 Å². The second-order valence-corrected chi connectivity index (χ2v) is 7.80. The standard InChI is InChI=1S/C16H29NO5/c1-9(13-11(8-18)20-13)12-10(2)17(16(6,7)21-12)14(19)22-15(3,4)5/h9-13,18H,8H2,1-7H3/t9-,10-,11+,12+,13+/m1/s1. The predicted molar refractivity (Wildman–Crippen MR) is 81.4 cm³/mol. The van der Waals surface area contributed by atoms with Crippen molar-refractivity contribution in [2.24, 2.45) is 5.92 Å². The zero-order chi connectivity index (χ0) is 16.9. The SMILES string of the molecule is C[C@@H]([C@@H]1O[C@H]1CO)[C@@H]1OC(C)(C)N(C(=O)OC(C)(C)C)[C@@H]1C. The molecule has 2 saturated heterocycles. The van der Waals surface area contributed by atoms with E-state index in [0.717, 1.165) is 0 Å². The Morgan fingerprint density at radius 2 is 1.95 bits per heavy atom. The molecule has 5 atom stereocenters. The number of epoxide rings is 1. The molecule has 2 aliphatic heterocycles. The van der Waals surface area contributed by atoms with E-state index in [0.29, 0.717) is 0 Å². The molecule has 0 aromatic heterocycles. The highest BCUT2D eigenvalue weighted by atomic mass is 16.6. The zero-order valence-electron chi connectivity index (χ0n) is 14.6. The summed E-state index contributed by atoms with van der Waals surface area (Å²) >= 11 is 0. The van der Waals surface area contributed by atoms with Crippen LogP contribution in [-0.4, -0.2) is 58.4 Å². The topological polar surface area (TPSA) is 71.5 Å². The van der Waals surface area contributed by atoms with E-state index in [1.807, 2.05) is 48.5 Å². The highest BCUT2D eigenvalue weighted by molar-refractivity contribution is 5.69. The molecule has 0 aromatic rings. The number of aliphatic hydroxyl groups excluding tert-OH is 1. The van der Waals surface area contributed by atoms with Gasteiger partial charge in [-0.25, -0.2) is 4.79 Å². The summed E-state index contributed by atoms with van der Waals surface area (Å²) in [4.78, 5) is 14.2. The minimum atomic E-state index is -0.732. The van der Waals surface area contributed by atoms with E-state index in [2.05, 4.69) is 0 Å². The van der Waals surface area contributed by atoms with Gasteiger partial charge in [0.05, 0.1) is 24.9 Å². The van der Waals surface area contributed by atoms with Crippen molar-refractivity contribution in [2.75, 3.05) is 6.61 Å². The number of ether oxygens (including phenoxy) is 3. The van der Waals surface area contributed by atoms with E-state index >= 15 is 0 Å². The van der Waals surface area contributed by atoms with Gasteiger partial charge < -0.3 is 19.3 Å². The predicted octanol–water partition coefficient (Wildman–Crippen LogP) is 2.14. The Morgan fingerprint density at radius 1 is 1.36 bits per heavy atom. The summed E-state index contributed by atoms with van der Waals surface area (Å²) in [6.07, 6.45) is -0.629. The van der Waals surface area contributed by atoms with Gasteiger partial charge in [-0.05, 0) is 41.5 Å². The van der Waals surface area contributed by atoms with Crippen molar-refractivity contribution in [3.05, 3.63) is 0 Å². The molecule has 6 nitrogen and oxygen atoms in total. The van der Waals surface area contributed by atoms with Gasteiger partial charge in [0.15, 0.2) is 0 Å². The molecule has 22 heavy (non-hydrogen) atoms. The van der Waals surface area contributed by atoms with E-state index in [9.17, 15) is 4.79 Å². The molecule has 2 rings (SSSR count). The lowest BCUT2D eigenvalue weighted by atomic mass is 9.94. The molecule has 128 valence electrons. The number of carbonyl (C=O) groups excluding carboxylic acids is 1. The fourth-order valence-corrected chi connectivity index (χ4v) is 3.32. The Hall–Kier alpha value is -0.850. The second-order valence-electron chi connectivity index (χ2n) is 7.80. The first kappa shape index (κ1) is 17.5. The highest BCUT2D eigenvalue weighted by Gasteiger charge is 2.55. The maximum atomic E-state index is 12.5. The van der Waals surface area contributed by atoms with Crippen LogP contribution in [0.5, 0.6) is 0 Å². The van der Waals surface area contributed by atoms with E-state index in [1.54, 1.807) is 4.90 Å². The molecule has 2 aliphatic rings. The Bertz CT molecular complexity index is 431. The molecule has 2 heterocycles. The van der Waals surface area contributed by atoms with Crippen LogP contribution in [-0.2, 0) is 14.2 Å². The van der Waals surface area contributed by atoms with Crippen LogP contribution in [0.3, 0.4) is 0 Å². The summed E-state index contributed by atoms with van der Waals surface area (Å²) in [5.41, 5.74) is -1.28. The Kier molecular flexibility index (Phi) is 4.50. The Balaban J connectivity index is 2.10. The van der Waals surface area contributed by atoms with Crippen molar-refractivity contribution in [2.45, 2.75) is 84.1 Å². The summed E-state index contributed by atoms with van der Waals surface area (Å²) in [5.74, 6) is 0.0962. The van der Waals surface area contributed by atoms with E-state index in [-0.39, 0.29) is 43.0 Å². The molecule has 0 saturated carbocycles. The number of hydrogen-bond donors (Lipinski definition) is 1. The molecular formula is C16H29NO5. The number of hydrogen-bond acceptors (Lipinski definition) is 5. The summed E-state index contributed by atoms with van der Waals surface area (Å²) < 4.78 is 17.1. The van der Waals surface area contributed by atoms with Crippen LogP contribution in [0.2, 0.25) is 0 Å². The first-order chi connectivity index (χ1) is 9.98. The Labute approximate surface area is 132 Å². The maximum Gasteiger partial charge on any atom is 0.412 e. The van der Waals surface area contributed by atoms with Crippen molar-refractivity contribution >= 4 is 6.09 Å². The van der Waals surface area contributed by atoms with Gasteiger partial charge in [0, 0.05) is 5.92 Å². The molecule has 0 aromatic carbocycles. The van der Waals surface area contributed by atoms with Crippen LogP contribution in [0.15, 0.2) is 0 Å². The smallest absolute Gasteiger partial charge is 0.412 e. The molecule has 6 heteroatoms. The van der Waals surface area contributed by atoms with Gasteiger partial charge in [-0.2, -0.15) is 0 Å². The molecule has 0 spiro atoms. The van der Waals surface area contributed by atoms with Gasteiger partial charge in [-0.15, -0.1) is 0 Å². The third-order valence-corrected chi connectivity index (χ3v) is 4.32. The van der Waals surface area contributed by atoms with Crippen LogP contribution in [0.1, 0.15) is 48.5 Å². The van der Waals surface area contributed by atoms with E-state index in [1.165, 1.54) is 0 Å². The monoisotopic (exact) mass is 315 g/mol. The van der Waals surface area contributed by atoms with Crippen molar-refractivity contribution in [3.8, 4) is 0 Å². The fraction of sp³-hybridized carbons (Fsp3) is 0.938. The van der Waals surface area contributed by atoms with E-state index in [4.69, 9.17) is 19.3 Å². The minimum Gasteiger partial charge on any atom is -0.444 e. The number of aliphatic hydroxyl groups is 1. The zero-order valence-corrected chi connectivity index (χ0v) is 14.6. The lowest BCUT2D eigenvalue weighted by Gasteiger charge is -2.34. The van der Waals surface area contributed by atoms with Gasteiger partial charge >= 0.3 is 6.09 Å². The second kappa shape index (κ2) is 5.65. The quantitative estimate of drug-likeness (QED) is 0.808. The first-order valence-corrected chi connectivity index (χ1v) is 7.94. The summed E-state index contributed by atoms with van der Waals surface area (Å²) in [7, 11) is 0. The van der Waals surface area contributed by atoms with Gasteiger partial charge in [-0.3, -0.25) is 4.90 Å². The molecule has 2 fully saturated rings. The summed E-state index contributed by atoms with van der Waals surface area (Å²) in [6, 6.07) is -0.122. The third kappa shape index (κ3) is 3.39. The molecule has 1 amide bonds. The van der Waals surface area contributed by atoms with Crippen molar-refractivity contribution in [1.82, 2.24) is 4.90 Å². The van der Waals surface area contributed by atoms with Gasteiger partial charge in [0.1, 0.15) is 17.4 Å². The number of rotatable bonds is 3. The van der Waals surface area contributed by atoms with Gasteiger partial charge in [0.25, 0.3) is 0 Å². The minimum absolute atomic E-state index is 0.00756. The fourth-order valence-electron chi connectivity index (χ4n) is 3.32. The highest BCUT2D eigenvalue weighted by Crippen LogP contribution is 2.41. The van der Waals surface area contributed by atoms with Gasteiger partial charge in [-0.1, -0.05) is 6.92 Å². The summed E-state index contributed by atoms with van der Waals surface area (Å²) in [6.45, 7) is 13.3. The lowest BCUT2D eigenvalue weighted by Crippen LogP contribution is -2.49. The van der Waals surface area contributed by atoms with E-state index < -0.39 is 11.3 Å². The lowest BCUT2D eigenvalue weighted by molar-refractivity contribution is -0.0893. The van der Waals surface area contributed by atoms with Gasteiger partial charge in [0.2, 0.25) is 0 Å². The number of nitrogens with zero attached hydrogens (tertiary/aromatic N) is 1. The molecule has 0 radical (unpaired) electrons. The number of carbonyl (C=O) groups is 1. The van der Waals surface area contributed by atoms with Crippen LogP contribution in [0, 0.1) is 5.92 Å². The summed E-state index contributed by atoms with van der Waals surface area (Å²) in [5, 5.41) is 9.15. The molecule has 0 aliphatic carbocycles. The molecule has 0 bridgehead atoms. The molecule has 0 unspecified atom stereocenters. The van der Waals surface area contributed by atoms with Crippen LogP contribution in [0.25, 0.3) is 0 Å². The van der Waals surface area contributed by atoms with Crippen LogP contribution in [0.4, 0.5) is 4.79 Å². The van der Waals surface area contributed by atoms with Crippen LogP contribution < -0.4 is 0 Å². The third-order valence-electron chi connectivity index (χ3n) is 4.32. The van der Waals surface area contributed by atoms with Crippen molar-refractivity contribution < 1.29 is 24.1 Å². The average molecular weight is 315 g/mol. The first-order valence-electron chi connectivity index (χ1n) is 7.94. The normalized spacial score (nSPS) is 35.4. The number of amides is 1.